The van der Waals surface area contributed by atoms with Crippen LogP contribution in [0.25, 0.3) is 0 Å². The first-order chi connectivity index (χ1) is 9.17. The lowest BCUT2D eigenvalue weighted by Gasteiger charge is -2.26. The Morgan fingerprint density at radius 1 is 1.16 bits per heavy atom. The Kier molecular flexibility index (Phi) is 4.82. The van der Waals surface area contributed by atoms with E-state index in [0.29, 0.717) is 5.95 Å². The number of nitrogens with zero attached hydrogens (tertiary/aromatic N) is 2. The fourth-order valence-electron chi connectivity index (χ4n) is 2.61. The van der Waals surface area contributed by atoms with Crippen LogP contribution in [0.2, 0.25) is 0 Å². The van der Waals surface area contributed by atoms with Gasteiger partial charge in [0, 0.05) is 19.2 Å². The lowest BCUT2D eigenvalue weighted by atomic mass is 9.83. The fraction of sp³-hybridized carbons (Fsp3) is 0.714. The summed E-state index contributed by atoms with van der Waals surface area (Å²) in [6.45, 7) is 6.19. The molecule has 1 aliphatic rings. The first-order valence-corrected chi connectivity index (χ1v) is 7.29. The van der Waals surface area contributed by atoms with Crippen molar-refractivity contribution in [1.29, 1.82) is 0 Å². The van der Waals surface area contributed by atoms with Gasteiger partial charge < -0.3 is 16.4 Å². The van der Waals surface area contributed by atoms with E-state index in [1.165, 1.54) is 25.7 Å². The van der Waals surface area contributed by atoms with E-state index in [9.17, 15) is 0 Å². The van der Waals surface area contributed by atoms with Crippen molar-refractivity contribution in [2.45, 2.75) is 39.5 Å². The molecule has 1 aliphatic carbocycles. The van der Waals surface area contributed by atoms with Gasteiger partial charge in [-0.3, -0.25) is 0 Å². The second-order valence-electron chi connectivity index (χ2n) is 5.53. The Morgan fingerprint density at radius 2 is 1.79 bits per heavy atom. The van der Waals surface area contributed by atoms with Crippen LogP contribution in [0.3, 0.4) is 0 Å². The van der Waals surface area contributed by atoms with Crippen molar-refractivity contribution in [3.63, 3.8) is 0 Å². The molecule has 1 fully saturated rings. The summed E-state index contributed by atoms with van der Waals surface area (Å²) in [5, 5.41) is 6.56. The third kappa shape index (κ3) is 4.26. The first-order valence-electron chi connectivity index (χ1n) is 7.29. The highest BCUT2D eigenvalue weighted by molar-refractivity contribution is 5.50. The van der Waals surface area contributed by atoms with Gasteiger partial charge in [0.1, 0.15) is 11.6 Å². The number of aromatic nitrogens is 2. The summed E-state index contributed by atoms with van der Waals surface area (Å²) in [6, 6.07) is 1.92. The third-order valence-corrected chi connectivity index (χ3v) is 3.81. The molecule has 106 valence electrons. The summed E-state index contributed by atoms with van der Waals surface area (Å²) in [5.74, 6) is 3.58. The zero-order chi connectivity index (χ0) is 13.7. The van der Waals surface area contributed by atoms with Crippen LogP contribution in [0.5, 0.6) is 0 Å². The number of nitrogens with one attached hydrogen (secondary N) is 2. The van der Waals surface area contributed by atoms with E-state index in [0.717, 1.165) is 36.6 Å². The average molecular weight is 263 g/mol. The Morgan fingerprint density at radius 3 is 2.42 bits per heavy atom. The van der Waals surface area contributed by atoms with E-state index in [2.05, 4.69) is 27.5 Å². The minimum atomic E-state index is 0.318. The van der Waals surface area contributed by atoms with Crippen molar-refractivity contribution in [2.75, 3.05) is 29.5 Å². The predicted octanol–water partition coefficient (Wildman–Crippen LogP) is 2.73. The van der Waals surface area contributed by atoms with Gasteiger partial charge in [-0.05, 0) is 31.6 Å². The van der Waals surface area contributed by atoms with Gasteiger partial charge >= 0.3 is 0 Å². The summed E-state index contributed by atoms with van der Waals surface area (Å²) < 4.78 is 0. The Bertz CT molecular complexity index is 399. The molecule has 0 bridgehead atoms. The van der Waals surface area contributed by atoms with Gasteiger partial charge in [0.2, 0.25) is 5.95 Å². The second-order valence-corrected chi connectivity index (χ2v) is 5.53. The molecular formula is C14H25N5. The van der Waals surface area contributed by atoms with Crippen molar-refractivity contribution in [3.05, 3.63) is 6.07 Å². The van der Waals surface area contributed by atoms with Crippen LogP contribution in [0.4, 0.5) is 17.6 Å². The monoisotopic (exact) mass is 263 g/mol. The van der Waals surface area contributed by atoms with E-state index in [1.54, 1.807) is 0 Å². The quantitative estimate of drug-likeness (QED) is 0.761. The first kappa shape index (κ1) is 13.9. The van der Waals surface area contributed by atoms with Gasteiger partial charge in [-0.2, -0.15) is 9.97 Å². The molecule has 0 amide bonds. The maximum absolute atomic E-state index is 5.71. The molecule has 0 atom stereocenters. The molecule has 0 radical (unpaired) electrons. The van der Waals surface area contributed by atoms with Gasteiger partial charge in [-0.25, -0.2) is 0 Å². The van der Waals surface area contributed by atoms with Gasteiger partial charge in [0.05, 0.1) is 0 Å². The molecular weight excluding hydrogens is 238 g/mol. The molecule has 5 nitrogen and oxygen atoms in total. The van der Waals surface area contributed by atoms with Gasteiger partial charge in [-0.15, -0.1) is 0 Å². The highest BCUT2D eigenvalue weighted by Gasteiger charge is 2.18. The van der Waals surface area contributed by atoms with E-state index in [1.807, 2.05) is 13.0 Å². The van der Waals surface area contributed by atoms with Crippen LogP contribution in [0, 0.1) is 11.8 Å². The molecule has 2 rings (SSSR count). The van der Waals surface area contributed by atoms with E-state index < -0.39 is 0 Å². The number of hydrogen-bond donors (Lipinski definition) is 3. The standard InChI is InChI=1S/C14H25N5/c1-3-16-12-8-13(19-14(15)18-12)17-9-11-6-4-10(2)5-7-11/h8,10-11H,3-7,9H2,1-2H3,(H4,15,16,17,18,19). The van der Waals surface area contributed by atoms with Gasteiger partial charge in [0.25, 0.3) is 0 Å². The van der Waals surface area contributed by atoms with E-state index in [4.69, 9.17) is 5.73 Å². The number of nitrogen functional groups attached to an aromatic ring is 1. The molecule has 1 heterocycles. The second kappa shape index (κ2) is 6.59. The molecule has 0 aromatic carbocycles. The third-order valence-electron chi connectivity index (χ3n) is 3.81. The Balaban J connectivity index is 1.88. The number of hydrogen-bond acceptors (Lipinski definition) is 5. The molecule has 0 saturated heterocycles. The molecule has 0 spiro atoms. The molecule has 1 aromatic rings. The van der Waals surface area contributed by atoms with Crippen molar-refractivity contribution in [1.82, 2.24) is 9.97 Å². The van der Waals surface area contributed by atoms with Crippen molar-refractivity contribution >= 4 is 17.6 Å². The zero-order valence-corrected chi connectivity index (χ0v) is 11.9. The highest BCUT2D eigenvalue weighted by Crippen LogP contribution is 2.28. The SMILES string of the molecule is CCNc1cc(NCC2CCC(C)CC2)nc(N)n1. The molecule has 19 heavy (non-hydrogen) atoms. The Labute approximate surface area is 115 Å². The molecule has 5 heteroatoms. The molecule has 1 saturated carbocycles. The van der Waals surface area contributed by atoms with Crippen LogP contribution in [0.1, 0.15) is 39.5 Å². The largest absolute Gasteiger partial charge is 0.370 e. The van der Waals surface area contributed by atoms with Gasteiger partial charge in [0.15, 0.2) is 0 Å². The lowest BCUT2D eigenvalue weighted by molar-refractivity contribution is 0.300. The van der Waals surface area contributed by atoms with E-state index >= 15 is 0 Å². The zero-order valence-electron chi connectivity index (χ0n) is 11.9. The van der Waals surface area contributed by atoms with Crippen molar-refractivity contribution in [3.8, 4) is 0 Å². The molecule has 0 unspecified atom stereocenters. The summed E-state index contributed by atoms with van der Waals surface area (Å²) in [7, 11) is 0. The molecule has 0 aliphatic heterocycles. The topological polar surface area (TPSA) is 75.9 Å². The predicted molar refractivity (Wildman–Crippen MR) is 80.2 cm³/mol. The smallest absolute Gasteiger partial charge is 0.223 e. The normalized spacial score (nSPS) is 23.1. The molecule has 4 N–H and O–H groups in total. The van der Waals surface area contributed by atoms with Crippen molar-refractivity contribution < 1.29 is 0 Å². The van der Waals surface area contributed by atoms with E-state index in [-0.39, 0.29) is 0 Å². The number of nitrogens with two attached hydrogens (primary N) is 1. The van der Waals surface area contributed by atoms with Crippen LogP contribution in [0.15, 0.2) is 6.07 Å². The number of rotatable bonds is 5. The van der Waals surface area contributed by atoms with Crippen LogP contribution in [-0.4, -0.2) is 23.1 Å². The van der Waals surface area contributed by atoms with Gasteiger partial charge in [-0.1, -0.05) is 19.8 Å². The summed E-state index contributed by atoms with van der Waals surface area (Å²) in [4.78, 5) is 8.37. The Hall–Kier alpha value is -1.52. The number of anilines is 3. The van der Waals surface area contributed by atoms with Crippen LogP contribution < -0.4 is 16.4 Å². The maximum atomic E-state index is 5.71. The summed E-state index contributed by atoms with van der Waals surface area (Å²) in [5.41, 5.74) is 5.71. The van der Waals surface area contributed by atoms with Crippen molar-refractivity contribution in [2.24, 2.45) is 11.8 Å². The average Bonchev–Trinajstić information content (AvgIpc) is 2.38. The maximum Gasteiger partial charge on any atom is 0.223 e. The summed E-state index contributed by atoms with van der Waals surface area (Å²) >= 11 is 0. The highest BCUT2D eigenvalue weighted by atomic mass is 15.1. The fourth-order valence-corrected chi connectivity index (χ4v) is 2.61. The van der Waals surface area contributed by atoms with Crippen LogP contribution in [-0.2, 0) is 0 Å². The van der Waals surface area contributed by atoms with Crippen LogP contribution >= 0.6 is 0 Å². The molecule has 1 aromatic heterocycles. The minimum absolute atomic E-state index is 0.318. The minimum Gasteiger partial charge on any atom is -0.370 e. The lowest BCUT2D eigenvalue weighted by Crippen LogP contribution is -2.20. The summed E-state index contributed by atoms with van der Waals surface area (Å²) in [6.07, 6.45) is 5.32.